The molecule has 0 amide bonds. The molecule has 9 heteroatoms. The standard InChI is InChI=1S/C26H24N2O6S/c1-17-13-24(18(2)28(17)21-8-11-23(12-9-21)35(27,31)32)25(29)15-34-26(30)16-33-22-10-7-19-5-3-4-6-20(19)14-22/h3-14H,15-16H2,1-2H3,(H2,27,31,32). The number of carbonyl (C=O) groups is 2. The molecule has 0 aliphatic heterocycles. The zero-order valence-corrected chi connectivity index (χ0v) is 20.0. The second-order valence-corrected chi connectivity index (χ2v) is 9.60. The molecule has 4 aromatic rings. The monoisotopic (exact) mass is 492 g/mol. The number of nitrogens with zero attached hydrogens (tertiary/aromatic N) is 1. The Morgan fingerprint density at radius 1 is 0.886 bits per heavy atom. The first-order valence-electron chi connectivity index (χ1n) is 10.8. The number of nitrogens with two attached hydrogens (primary N) is 1. The molecule has 0 bridgehead atoms. The normalized spacial score (nSPS) is 11.4. The van der Waals surface area contributed by atoms with Crippen molar-refractivity contribution in [2.75, 3.05) is 13.2 Å². The summed E-state index contributed by atoms with van der Waals surface area (Å²) in [6.07, 6.45) is 0. The van der Waals surface area contributed by atoms with Gasteiger partial charge in [0.15, 0.2) is 13.2 Å². The average Bonchev–Trinajstić information content (AvgIpc) is 3.14. The van der Waals surface area contributed by atoms with Crippen LogP contribution in [0.1, 0.15) is 21.7 Å². The van der Waals surface area contributed by atoms with E-state index in [-0.39, 0.29) is 17.3 Å². The van der Waals surface area contributed by atoms with Gasteiger partial charge in [0.1, 0.15) is 5.75 Å². The molecule has 8 nitrogen and oxygen atoms in total. The highest BCUT2D eigenvalue weighted by molar-refractivity contribution is 7.89. The Hall–Kier alpha value is -3.95. The zero-order valence-electron chi connectivity index (χ0n) is 19.2. The largest absolute Gasteiger partial charge is 0.482 e. The van der Waals surface area contributed by atoms with Crippen LogP contribution in [0.4, 0.5) is 0 Å². The number of fused-ring (bicyclic) bond motifs is 1. The fourth-order valence-electron chi connectivity index (χ4n) is 3.89. The molecule has 180 valence electrons. The lowest BCUT2D eigenvalue weighted by Crippen LogP contribution is -2.19. The zero-order chi connectivity index (χ0) is 25.2. The van der Waals surface area contributed by atoms with Crippen molar-refractivity contribution in [1.29, 1.82) is 0 Å². The summed E-state index contributed by atoms with van der Waals surface area (Å²) in [7, 11) is -3.80. The van der Waals surface area contributed by atoms with Gasteiger partial charge in [0.25, 0.3) is 0 Å². The summed E-state index contributed by atoms with van der Waals surface area (Å²) in [5.74, 6) is -0.479. The fraction of sp³-hybridized carbons (Fsp3) is 0.154. The van der Waals surface area contributed by atoms with Gasteiger partial charge in [0, 0.05) is 22.6 Å². The Kier molecular flexibility index (Phi) is 6.72. The summed E-state index contributed by atoms with van der Waals surface area (Å²) >= 11 is 0. The maximum absolute atomic E-state index is 12.7. The van der Waals surface area contributed by atoms with Crippen LogP contribution in [0.3, 0.4) is 0 Å². The minimum Gasteiger partial charge on any atom is -0.482 e. The minimum absolute atomic E-state index is 0.00201. The smallest absolute Gasteiger partial charge is 0.344 e. The molecule has 0 atom stereocenters. The predicted octanol–water partition coefficient (Wildman–Crippen LogP) is 3.70. The molecule has 1 heterocycles. The van der Waals surface area contributed by atoms with Crippen LogP contribution in [-0.2, 0) is 19.6 Å². The van der Waals surface area contributed by atoms with Crippen LogP contribution in [0.5, 0.6) is 5.75 Å². The quantitative estimate of drug-likeness (QED) is 0.296. The molecule has 1 aromatic heterocycles. The molecule has 4 rings (SSSR count). The van der Waals surface area contributed by atoms with Gasteiger partial charge in [-0.25, -0.2) is 18.4 Å². The van der Waals surface area contributed by atoms with Gasteiger partial charge in [0.2, 0.25) is 15.8 Å². The Labute approximate surface area is 202 Å². The van der Waals surface area contributed by atoms with Crippen molar-refractivity contribution >= 4 is 32.5 Å². The molecule has 0 radical (unpaired) electrons. The third kappa shape index (κ3) is 5.42. The summed E-state index contributed by atoms with van der Waals surface area (Å²) in [6.45, 7) is 2.84. The Bertz CT molecular complexity index is 1520. The number of ketones is 1. The van der Waals surface area contributed by atoms with E-state index in [1.165, 1.54) is 12.1 Å². The molecule has 0 spiro atoms. The lowest BCUT2D eigenvalue weighted by atomic mass is 10.1. The van der Waals surface area contributed by atoms with Crippen LogP contribution >= 0.6 is 0 Å². The van der Waals surface area contributed by atoms with E-state index in [4.69, 9.17) is 14.6 Å². The van der Waals surface area contributed by atoms with E-state index in [1.54, 1.807) is 31.2 Å². The number of rotatable bonds is 8. The van der Waals surface area contributed by atoms with Crippen molar-refractivity contribution in [2.45, 2.75) is 18.7 Å². The number of esters is 1. The molecule has 0 aliphatic rings. The van der Waals surface area contributed by atoms with Crippen LogP contribution < -0.4 is 9.88 Å². The SMILES string of the molecule is Cc1cc(C(=O)COC(=O)COc2ccc3ccccc3c2)c(C)n1-c1ccc(S(N)(=O)=O)cc1. The van der Waals surface area contributed by atoms with E-state index < -0.39 is 22.6 Å². The average molecular weight is 493 g/mol. The first-order chi connectivity index (χ1) is 16.6. The fourth-order valence-corrected chi connectivity index (χ4v) is 4.41. The molecule has 0 saturated carbocycles. The van der Waals surface area contributed by atoms with Gasteiger partial charge in [-0.1, -0.05) is 30.3 Å². The molecule has 0 saturated heterocycles. The van der Waals surface area contributed by atoms with Gasteiger partial charge < -0.3 is 14.0 Å². The number of aromatic nitrogens is 1. The summed E-state index contributed by atoms with van der Waals surface area (Å²) in [5.41, 5.74) is 2.48. The van der Waals surface area contributed by atoms with Crippen molar-refractivity contribution in [3.05, 3.63) is 89.7 Å². The van der Waals surface area contributed by atoms with Gasteiger partial charge in [-0.2, -0.15) is 0 Å². The second-order valence-electron chi connectivity index (χ2n) is 8.04. The van der Waals surface area contributed by atoms with Crippen molar-refractivity contribution in [3.8, 4) is 11.4 Å². The van der Waals surface area contributed by atoms with E-state index in [0.717, 1.165) is 16.5 Å². The molecule has 0 aliphatic carbocycles. The summed E-state index contributed by atoms with van der Waals surface area (Å²) in [5, 5.41) is 7.20. The molecule has 35 heavy (non-hydrogen) atoms. The highest BCUT2D eigenvalue weighted by Crippen LogP contribution is 2.23. The minimum atomic E-state index is -3.80. The highest BCUT2D eigenvalue weighted by atomic mass is 32.2. The summed E-state index contributed by atoms with van der Waals surface area (Å²) in [6, 6.07) is 21.0. The summed E-state index contributed by atoms with van der Waals surface area (Å²) in [4.78, 5) is 24.9. The molecule has 0 unspecified atom stereocenters. The Balaban J connectivity index is 1.38. The highest BCUT2D eigenvalue weighted by Gasteiger charge is 2.19. The van der Waals surface area contributed by atoms with Gasteiger partial charge in [-0.15, -0.1) is 0 Å². The van der Waals surface area contributed by atoms with E-state index >= 15 is 0 Å². The molecular weight excluding hydrogens is 468 g/mol. The van der Waals surface area contributed by atoms with Gasteiger partial charge in [-0.3, -0.25) is 4.79 Å². The van der Waals surface area contributed by atoms with E-state index in [1.807, 2.05) is 47.9 Å². The first-order valence-corrected chi connectivity index (χ1v) is 12.3. The Morgan fingerprint density at radius 2 is 1.57 bits per heavy atom. The first kappa shape index (κ1) is 24.2. The number of carbonyl (C=O) groups excluding carboxylic acids is 2. The third-order valence-electron chi connectivity index (χ3n) is 5.60. The van der Waals surface area contributed by atoms with Crippen molar-refractivity contribution in [1.82, 2.24) is 4.57 Å². The number of ether oxygens (including phenoxy) is 2. The van der Waals surface area contributed by atoms with Crippen molar-refractivity contribution < 1.29 is 27.5 Å². The lowest BCUT2D eigenvalue weighted by molar-refractivity contribution is -0.144. The third-order valence-corrected chi connectivity index (χ3v) is 6.53. The maximum atomic E-state index is 12.7. The number of aryl methyl sites for hydroxylation is 1. The van der Waals surface area contributed by atoms with Gasteiger partial charge in [0.05, 0.1) is 4.90 Å². The van der Waals surface area contributed by atoms with Crippen LogP contribution in [-0.4, -0.2) is 38.0 Å². The number of primary sulfonamides is 1. The number of sulfonamides is 1. The molecule has 3 aromatic carbocycles. The second kappa shape index (κ2) is 9.73. The number of benzene rings is 3. The maximum Gasteiger partial charge on any atom is 0.344 e. The number of Topliss-reactive ketones (excluding diaryl/α,β-unsaturated/α-hetero) is 1. The summed E-state index contributed by atoms with van der Waals surface area (Å²) < 4.78 is 35.4. The molecule has 2 N–H and O–H groups in total. The molecular formula is C26H24N2O6S. The Morgan fingerprint density at radius 3 is 2.26 bits per heavy atom. The van der Waals surface area contributed by atoms with Crippen LogP contribution in [0.15, 0.2) is 77.7 Å². The van der Waals surface area contributed by atoms with Crippen LogP contribution in [0.2, 0.25) is 0 Å². The number of hydrogen-bond donors (Lipinski definition) is 1. The lowest BCUT2D eigenvalue weighted by Gasteiger charge is -2.11. The van der Waals surface area contributed by atoms with E-state index in [9.17, 15) is 18.0 Å². The van der Waals surface area contributed by atoms with Gasteiger partial charge >= 0.3 is 5.97 Å². The van der Waals surface area contributed by atoms with Gasteiger partial charge in [-0.05, 0) is 67.1 Å². The van der Waals surface area contributed by atoms with Crippen molar-refractivity contribution in [2.24, 2.45) is 5.14 Å². The van der Waals surface area contributed by atoms with Crippen molar-refractivity contribution in [3.63, 3.8) is 0 Å². The number of hydrogen-bond acceptors (Lipinski definition) is 6. The van der Waals surface area contributed by atoms with E-state index in [0.29, 0.717) is 22.7 Å². The van der Waals surface area contributed by atoms with Crippen LogP contribution in [0, 0.1) is 13.8 Å². The predicted molar refractivity (Wildman–Crippen MR) is 131 cm³/mol. The molecule has 0 fully saturated rings. The topological polar surface area (TPSA) is 118 Å². The van der Waals surface area contributed by atoms with Crippen LogP contribution in [0.25, 0.3) is 16.5 Å². The van der Waals surface area contributed by atoms with E-state index in [2.05, 4.69) is 0 Å².